The number of aromatic nitrogens is 3. The fourth-order valence-electron chi connectivity index (χ4n) is 4.58. The number of piperidine rings is 1. The molecule has 1 aliphatic rings. The molecule has 0 bridgehead atoms. The van der Waals surface area contributed by atoms with Crippen LogP contribution in [0.15, 0.2) is 77.7 Å². The summed E-state index contributed by atoms with van der Waals surface area (Å²) in [7, 11) is 0. The molecule has 8 nitrogen and oxygen atoms in total. The zero-order valence-corrected chi connectivity index (χ0v) is 20.3. The van der Waals surface area contributed by atoms with Crippen LogP contribution in [-0.2, 0) is 11.3 Å². The Morgan fingerprint density at radius 2 is 1.78 bits per heavy atom. The fourth-order valence-corrected chi connectivity index (χ4v) is 4.58. The Morgan fingerprint density at radius 3 is 2.50 bits per heavy atom. The van der Waals surface area contributed by atoms with Crippen molar-refractivity contribution < 1.29 is 9.53 Å². The minimum atomic E-state index is -0.164. The number of hydrogen-bond acceptors (Lipinski definition) is 6. The lowest BCUT2D eigenvalue weighted by atomic mass is 9.96. The monoisotopic (exact) mass is 483 g/mol. The minimum absolute atomic E-state index is 0.00373. The Bertz CT molecular complexity index is 1390. The Labute approximate surface area is 209 Å². The van der Waals surface area contributed by atoms with E-state index in [-0.39, 0.29) is 17.4 Å². The SMILES string of the molecule is CCOc1ccc(NC(=O)C2CCN(c3nc4cccnc4n(Cc4ccccc4)c3=O)CC2)cc1. The Kier molecular flexibility index (Phi) is 6.93. The van der Waals surface area contributed by atoms with Crippen LogP contribution in [0.4, 0.5) is 11.5 Å². The highest BCUT2D eigenvalue weighted by molar-refractivity contribution is 5.92. The fraction of sp³-hybridized carbons (Fsp3) is 0.286. The van der Waals surface area contributed by atoms with E-state index in [0.29, 0.717) is 56.1 Å². The highest BCUT2D eigenvalue weighted by atomic mass is 16.5. The Hall–Kier alpha value is -4.20. The molecule has 1 amide bonds. The van der Waals surface area contributed by atoms with E-state index < -0.39 is 0 Å². The molecule has 2 aromatic carbocycles. The molecule has 184 valence electrons. The number of anilines is 2. The standard InChI is InChI=1S/C28H29N5O3/c1-2-36-23-12-10-22(11-13-23)30-27(34)21-14-17-32(18-15-21)26-28(35)33(19-20-7-4-3-5-8-20)25-24(31-26)9-6-16-29-25/h3-13,16,21H,2,14-15,17-19H2,1H3,(H,30,34). The van der Waals surface area contributed by atoms with E-state index in [1.165, 1.54) is 0 Å². The normalized spacial score (nSPS) is 14.1. The lowest BCUT2D eigenvalue weighted by Gasteiger charge is -2.32. The second kappa shape index (κ2) is 10.6. The zero-order chi connectivity index (χ0) is 24.9. The molecule has 3 heterocycles. The van der Waals surface area contributed by atoms with Gasteiger partial charge in [-0.25, -0.2) is 9.97 Å². The molecule has 1 aliphatic heterocycles. The smallest absolute Gasteiger partial charge is 0.295 e. The van der Waals surface area contributed by atoms with Gasteiger partial charge >= 0.3 is 0 Å². The van der Waals surface area contributed by atoms with Crippen molar-refractivity contribution in [3.63, 3.8) is 0 Å². The van der Waals surface area contributed by atoms with E-state index in [1.807, 2.05) is 78.6 Å². The van der Waals surface area contributed by atoms with Gasteiger partial charge in [0.15, 0.2) is 11.5 Å². The van der Waals surface area contributed by atoms with Crippen LogP contribution >= 0.6 is 0 Å². The van der Waals surface area contributed by atoms with Crippen molar-refractivity contribution >= 4 is 28.6 Å². The van der Waals surface area contributed by atoms with Gasteiger partial charge in [-0.3, -0.25) is 14.2 Å². The number of amides is 1. The van der Waals surface area contributed by atoms with Crippen molar-refractivity contribution in [2.75, 3.05) is 29.9 Å². The summed E-state index contributed by atoms with van der Waals surface area (Å²) in [6.45, 7) is 4.13. The molecule has 0 spiro atoms. The van der Waals surface area contributed by atoms with Gasteiger partial charge in [0, 0.05) is 30.9 Å². The number of carbonyl (C=O) groups excluding carboxylic acids is 1. The zero-order valence-electron chi connectivity index (χ0n) is 20.3. The maximum absolute atomic E-state index is 13.5. The summed E-state index contributed by atoms with van der Waals surface area (Å²) in [6, 6.07) is 21.0. The number of fused-ring (bicyclic) bond motifs is 1. The quantitative estimate of drug-likeness (QED) is 0.426. The summed E-state index contributed by atoms with van der Waals surface area (Å²) in [5.74, 6) is 1.06. The molecule has 2 aromatic heterocycles. The third-order valence-electron chi connectivity index (χ3n) is 6.47. The number of benzene rings is 2. The van der Waals surface area contributed by atoms with Gasteiger partial charge in [-0.1, -0.05) is 30.3 Å². The van der Waals surface area contributed by atoms with Crippen LogP contribution in [0.25, 0.3) is 11.2 Å². The summed E-state index contributed by atoms with van der Waals surface area (Å²) >= 11 is 0. The lowest BCUT2D eigenvalue weighted by molar-refractivity contribution is -0.120. The second-order valence-corrected chi connectivity index (χ2v) is 8.87. The summed E-state index contributed by atoms with van der Waals surface area (Å²) < 4.78 is 7.15. The maximum atomic E-state index is 13.5. The molecule has 36 heavy (non-hydrogen) atoms. The van der Waals surface area contributed by atoms with E-state index in [2.05, 4.69) is 15.3 Å². The van der Waals surface area contributed by atoms with E-state index in [1.54, 1.807) is 10.8 Å². The number of pyridine rings is 1. The highest BCUT2D eigenvalue weighted by Gasteiger charge is 2.28. The van der Waals surface area contributed by atoms with Crippen molar-refractivity contribution in [3.8, 4) is 5.75 Å². The van der Waals surface area contributed by atoms with Crippen molar-refractivity contribution in [1.29, 1.82) is 0 Å². The largest absolute Gasteiger partial charge is 0.494 e. The third kappa shape index (κ3) is 5.07. The molecule has 4 aromatic rings. The van der Waals surface area contributed by atoms with E-state index in [4.69, 9.17) is 4.74 Å². The topological polar surface area (TPSA) is 89.3 Å². The summed E-state index contributed by atoms with van der Waals surface area (Å²) in [5.41, 5.74) is 2.85. The molecule has 1 fully saturated rings. The predicted molar refractivity (Wildman–Crippen MR) is 141 cm³/mol. The lowest BCUT2D eigenvalue weighted by Crippen LogP contribution is -2.42. The highest BCUT2D eigenvalue weighted by Crippen LogP contribution is 2.24. The first kappa shape index (κ1) is 23.5. The number of ether oxygens (including phenoxy) is 1. The third-order valence-corrected chi connectivity index (χ3v) is 6.47. The van der Waals surface area contributed by atoms with Gasteiger partial charge in [0.25, 0.3) is 5.56 Å². The molecule has 1 saturated heterocycles. The van der Waals surface area contributed by atoms with Crippen LogP contribution < -0.4 is 20.5 Å². The first-order chi connectivity index (χ1) is 17.6. The van der Waals surface area contributed by atoms with Crippen LogP contribution in [0.2, 0.25) is 0 Å². The van der Waals surface area contributed by atoms with Gasteiger partial charge in [-0.2, -0.15) is 0 Å². The van der Waals surface area contributed by atoms with Crippen LogP contribution in [0, 0.1) is 5.92 Å². The molecule has 0 atom stereocenters. The predicted octanol–water partition coefficient (Wildman–Crippen LogP) is 4.09. The van der Waals surface area contributed by atoms with E-state index >= 15 is 0 Å². The van der Waals surface area contributed by atoms with E-state index in [0.717, 1.165) is 17.0 Å². The van der Waals surface area contributed by atoms with Gasteiger partial charge in [-0.15, -0.1) is 0 Å². The molecular weight excluding hydrogens is 454 g/mol. The first-order valence-corrected chi connectivity index (χ1v) is 12.3. The van der Waals surface area contributed by atoms with Gasteiger partial charge < -0.3 is 15.0 Å². The van der Waals surface area contributed by atoms with Crippen molar-refractivity contribution in [2.24, 2.45) is 5.92 Å². The first-order valence-electron chi connectivity index (χ1n) is 12.3. The molecule has 0 radical (unpaired) electrons. The summed E-state index contributed by atoms with van der Waals surface area (Å²) in [6.07, 6.45) is 2.97. The summed E-state index contributed by atoms with van der Waals surface area (Å²) in [4.78, 5) is 37.5. The number of nitrogens with zero attached hydrogens (tertiary/aromatic N) is 4. The van der Waals surface area contributed by atoms with Crippen molar-refractivity contribution in [2.45, 2.75) is 26.3 Å². The molecule has 0 unspecified atom stereocenters. The van der Waals surface area contributed by atoms with E-state index in [9.17, 15) is 9.59 Å². The van der Waals surface area contributed by atoms with Gasteiger partial charge in [-0.05, 0) is 61.7 Å². The maximum Gasteiger partial charge on any atom is 0.295 e. The molecule has 5 rings (SSSR count). The molecule has 0 saturated carbocycles. The number of nitrogens with one attached hydrogen (secondary N) is 1. The van der Waals surface area contributed by atoms with Crippen LogP contribution in [0.3, 0.4) is 0 Å². The molecular formula is C28H29N5O3. The molecule has 8 heteroatoms. The summed E-state index contributed by atoms with van der Waals surface area (Å²) in [5, 5.41) is 3.00. The van der Waals surface area contributed by atoms with Gasteiger partial charge in [0.2, 0.25) is 5.91 Å². The van der Waals surface area contributed by atoms with Crippen LogP contribution in [0.5, 0.6) is 5.75 Å². The second-order valence-electron chi connectivity index (χ2n) is 8.87. The Morgan fingerprint density at radius 1 is 1.03 bits per heavy atom. The van der Waals surface area contributed by atoms with Gasteiger partial charge in [0.1, 0.15) is 11.3 Å². The van der Waals surface area contributed by atoms with Crippen LogP contribution in [-0.4, -0.2) is 40.1 Å². The number of carbonyl (C=O) groups is 1. The molecule has 0 aliphatic carbocycles. The number of rotatable bonds is 7. The van der Waals surface area contributed by atoms with Crippen molar-refractivity contribution in [3.05, 3.63) is 88.8 Å². The van der Waals surface area contributed by atoms with Gasteiger partial charge in [0.05, 0.1) is 13.2 Å². The van der Waals surface area contributed by atoms with Crippen LogP contribution in [0.1, 0.15) is 25.3 Å². The number of hydrogen-bond donors (Lipinski definition) is 1. The average molecular weight is 484 g/mol. The molecule has 1 N–H and O–H groups in total. The average Bonchev–Trinajstić information content (AvgIpc) is 2.92. The van der Waals surface area contributed by atoms with Crippen molar-refractivity contribution in [1.82, 2.24) is 14.5 Å². The Balaban J connectivity index is 1.31. The minimum Gasteiger partial charge on any atom is -0.494 e.